The molecule has 0 radical (unpaired) electrons. The highest BCUT2D eigenvalue weighted by atomic mass is 35.5. The third-order valence-corrected chi connectivity index (χ3v) is 5.08. The van der Waals surface area contributed by atoms with Crippen molar-refractivity contribution in [2.24, 2.45) is 0 Å². The van der Waals surface area contributed by atoms with E-state index in [-0.39, 0.29) is 0 Å². The molecule has 2 heterocycles. The van der Waals surface area contributed by atoms with Crippen LogP contribution in [0.15, 0.2) is 36.4 Å². The van der Waals surface area contributed by atoms with Crippen LogP contribution >= 0.6 is 11.6 Å². The molecule has 1 fully saturated rings. The van der Waals surface area contributed by atoms with Crippen LogP contribution in [-0.4, -0.2) is 44.3 Å². The molecule has 2 aliphatic rings. The molecule has 1 saturated heterocycles. The number of nitrogens with zero attached hydrogens (tertiary/aromatic N) is 2. The number of hydrogen-bond donors (Lipinski definition) is 0. The number of fused-ring (bicyclic) bond motifs is 1. The Morgan fingerprint density at radius 2 is 1.80 bits per heavy atom. The van der Waals surface area contributed by atoms with E-state index in [1.165, 1.54) is 16.8 Å². The minimum atomic E-state index is 0.562. The van der Waals surface area contributed by atoms with Crippen molar-refractivity contribution < 1.29 is 9.47 Å². The van der Waals surface area contributed by atoms with Gasteiger partial charge < -0.3 is 14.4 Å². The van der Waals surface area contributed by atoms with E-state index in [0.717, 1.165) is 38.5 Å². The van der Waals surface area contributed by atoms with E-state index in [9.17, 15) is 0 Å². The summed E-state index contributed by atoms with van der Waals surface area (Å²) < 4.78 is 11.3. The van der Waals surface area contributed by atoms with Crippen molar-refractivity contribution in [3.63, 3.8) is 0 Å². The summed E-state index contributed by atoms with van der Waals surface area (Å²) in [6.45, 7) is 8.35. The Hall–Kier alpha value is -1.91. The summed E-state index contributed by atoms with van der Waals surface area (Å²) in [5.41, 5.74) is 3.81. The van der Waals surface area contributed by atoms with E-state index in [2.05, 4.69) is 47.1 Å². The minimum Gasteiger partial charge on any atom is -0.486 e. The largest absolute Gasteiger partial charge is 0.486 e. The molecule has 0 atom stereocenters. The molecule has 132 valence electrons. The second-order valence-electron chi connectivity index (χ2n) is 6.70. The van der Waals surface area contributed by atoms with Gasteiger partial charge in [-0.2, -0.15) is 0 Å². The molecule has 0 N–H and O–H groups in total. The lowest BCUT2D eigenvalue weighted by Crippen LogP contribution is -2.46. The summed E-state index contributed by atoms with van der Waals surface area (Å²) in [5.74, 6) is 1.45. The van der Waals surface area contributed by atoms with Crippen molar-refractivity contribution in [3.8, 4) is 11.5 Å². The molecule has 2 aromatic carbocycles. The third-order valence-electron chi connectivity index (χ3n) is 4.80. The number of halogens is 1. The highest BCUT2D eigenvalue weighted by molar-refractivity contribution is 6.32. The number of anilines is 1. The zero-order valence-electron chi connectivity index (χ0n) is 14.5. The van der Waals surface area contributed by atoms with Gasteiger partial charge in [0, 0.05) is 38.4 Å². The highest BCUT2D eigenvalue weighted by Gasteiger charge is 2.20. The predicted octanol–water partition coefficient (Wildman–Crippen LogP) is 3.74. The lowest BCUT2D eigenvalue weighted by atomic mass is 10.1. The first kappa shape index (κ1) is 16.6. The van der Waals surface area contributed by atoms with Crippen molar-refractivity contribution in [2.75, 3.05) is 44.3 Å². The molecular weight excluding hydrogens is 336 g/mol. The molecule has 25 heavy (non-hydrogen) atoms. The Morgan fingerprint density at radius 3 is 2.60 bits per heavy atom. The standard InChI is InChI=1S/C20H23ClN2O2/c1-15-3-2-4-17(11-15)23-7-5-22(6-8-23)14-16-12-18(21)20-19(13-16)24-9-10-25-20/h2-4,11-13H,5-10,14H2,1H3. The fourth-order valence-electron chi connectivity index (χ4n) is 3.50. The number of benzene rings is 2. The van der Waals surface area contributed by atoms with Crippen molar-refractivity contribution in [2.45, 2.75) is 13.5 Å². The summed E-state index contributed by atoms with van der Waals surface area (Å²) in [5, 5.41) is 0.644. The molecule has 4 rings (SSSR count). The van der Waals surface area contributed by atoms with Gasteiger partial charge in [-0.1, -0.05) is 23.7 Å². The smallest absolute Gasteiger partial charge is 0.179 e. The number of hydrogen-bond acceptors (Lipinski definition) is 4. The van der Waals surface area contributed by atoms with Gasteiger partial charge in [-0.05, 0) is 42.3 Å². The van der Waals surface area contributed by atoms with Gasteiger partial charge in [0.25, 0.3) is 0 Å². The van der Waals surface area contributed by atoms with E-state index in [4.69, 9.17) is 21.1 Å². The Balaban J connectivity index is 1.40. The van der Waals surface area contributed by atoms with Crippen molar-refractivity contribution in [1.29, 1.82) is 0 Å². The number of ether oxygens (including phenoxy) is 2. The zero-order valence-corrected chi connectivity index (χ0v) is 15.3. The molecule has 4 nitrogen and oxygen atoms in total. The van der Waals surface area contributed by atoms with Gasteiger partial charge in [0.15, 0.2) is 11.5 Å². The molecule has 0 unspecified atom stereocenters. The average molecular weight is 359 g/mol. The summed E-state index contributed by atoms with van der Waals surface area (Å²) in [4.78, 5) is 4.92. The second-order valence-corrected chi connectivity index (χ2v) is 7.11. The Bertz CT molecular complexity index is 757. The van der Waals surface area contributed by atoms with E-state index >= 15 is 0 Å². The summed E-state index contributed by atoms with van der Waals surface area (Å²) in [6, 6.07) is 12.8. The first-order chi connectivity index (χ1) is 12.2. The topological polar surface area (TPSA) is 24.9 Å². The molecule has 0 bridgehead atoms. The van der Waals surface area contributed by atoms with Crippen molar-refractivity contribution in [1.82, 2.24) is 4.90 Å². The molecule has 2 aromatic rings. The fourth-order valence-corrected chi connectivity index (χ4v) is 3.79. The molecule has 0 aromatic heterocycles. The van der Waals surface area contributed by atoms with Crippen molar-refractivity contribution >= 4 is 17.3 Å². The maximum atomic E-state index is 6.35. The normalized spacial score (nSPS) is 17.6. The van der Waals surface area contributed by atoms with E-state index < -0.39 is 0 Å². The van der Waals surface area contributed by atoms with Gasteiger partial charge in [-0.25, -0.2) is 0 Å². The van der Waals surface area contributed by atoms with Crippen LogP contribution in [-0.2, 0) is 6.54 Å². The highest BCUT2D eigenvalue weighted by Crippen LogP contribution is 2.38. The van der Waals surface area contributed by atoms with E-state index in [1.54, 1.807) is 0 Å². The fraction of sp³-hybridized carbons (Fsp3) is 0.400. The molecule has 0 spiro atoms. The maximum Gasteiger partial charge on any atom is 0.179 e. The predicted molar refractivity (Wildman–Crippen MR) is 101 cm³/mol. The lowest BCUT2D eigenvalue weighted by molar-refractivity contribution is 0.171. The molecule has 5 heteroatoms. The van der Waals surface area contributed by atoms with E-state index in [0.29, 0.717) is 24.0 Å². The molecule has 0 saturated carbocycles. The van der Waals surface area contributed by atoms with Crippen LogP contribution < -0.4 is 14.4 Å². The van der Waals surface area contributed by atoms with Crippen LogP contribution in [0.5, 0.6) is 11.5 Å². The second kappa shape index (κ2) is 7.14. The molecular formula is C20H23ClN2O2. The van der Waals surface area contributed by atoms with Gasteiger partial charge in [-0.3, -0.25) is 4.90 Å². The molecule has 2 aliphatic heterocycles. The Labute approximate surface area is 153 Å². The monoisotopic (exact) mass is 358 g/mol. The average Bonchev–Trinajstić information content (AvgIpc) is 2.62. The molecule has 0 aliphatic carbocycles. The van der Waals surface area contributed by atoms with Crippen LogP contribution in [0.3, 0.4) is 0 Å². The minimum absolute atomic E-state index is 0.562. The first-order valence-electron chi connectivity index (χ1n) is 8.81. The number of piperazine rings is 1. The Kier molecular flexibility index (Phi) is 4.73. The maximum absolute atomic E-state index is 6.35. The van der Waals surface area contributed by atoms with Crippen LogP contribution in [0, 0.1) is 6.92 Å². The van der Waals surface area contributed by atoms with Gasteiger partial charge in [-0.15, -0.1) is 0 Å². The SMILES string of the molecule is Cc1cccc(N2CCN(Cc3cc(Cl)c4c(c3)OCCO4)CC2)c1. The van der Waals surface area contributed by atoms with Crippen LogP contribution in [0.4, 0.5) is 5.69 Å². The van der Waals surface area contributed by atoms with Crippen molar-refractivity contribution in [3.05, 3.63) is 52.5 Å². The Morgan fingerprint density at radius 1 is 1.00 bits per heavy atom. The molecule has 0 amide bonds. The van der Waals surface area contributed by atoms with Gasteiger partial charge >= 0.3 is 0 Å². The lowest BCUT2D eigenvalue weighted by Gasteiger charge is -2.36. The van der Waals surface area contributed by atoms with Crippen LogP contribution in [0.1, 0.15) is 11.1 Å². The summed E-state index contributed by atoms with van der Waals surface area (Å²) in [7, 11) is 0. The zero-order chi connectivity index (χ0) is 17.2. The first-order valence-corrected chi connectivity index (χ1v) is 9.19. The van der Waals surface area contributed by atoms with E-state index in [1.807, 2.05) is 6.07 Å². The van der Waals surface area contributed by atoms with Crippen LogP contribution in [0.2, 0.25) is 5.02 Å². The number of aryl methyl sites for hydroxylation is 1. The summed E-state index contributed by atoms with van der Waals surface area (Å²) in [6.07, 6.45) is 0. The number of rotatable bonds is 3. The van der Waals surface area contributed by atoms with Gasteiger partial charge in [0.05, 0.1) is 5.02 Å². The third kappa shape index (κ3) is 3.70. The quantitative estimate of drug-likeness (QED) is 0.834. The van der Waals surface area contributed by atoms with Crippen LogP contribution in [0.25, 0.3) is 0 Å². The summed E-state index contributed by atoms with van der Waals surface area (Å²) >= 11 is 6.35. The van der Waals surface area contributed by atoms with Gasteiger partial charge in [0.2, 0.25) is 0 Å². The van der Waals surface area contributed by atoms with Gasteiger partial charge in [0.1, 0.15) is 13.2 Å².